The van der Waals surface area contributed by atoms with Crippen molar-refractivity contribution in [2.45, 2.75) is 27.2 Å². The highest BCUT2D eigenvalue weighted by atomic mass is 16.6. The molecule has 0 saturated heterocycles. The van der Waals surface area contributed by atoms with Gasteiger partial charge in [-0.2, -0.15) is 0 Å². The minimum absolute atomic E-state index is 0.00299. The third-order valence-electron chi connectivity index (χ3n) is 2.93. The van der Waals surface area contributed by atoms with Crippen LogP contribution in [0.2, 0.25) is 0 Å². The predicted octanol–water partition coefficient (Wildman–Crippen LogP) is 3.06. The molecule has 110 valence electrons. The molecule has 6 heteroatoms. The molecular formula is C14H20N2O4. The number of non-ortho nitro benzene ring substituents is 1. The number of carboxylic acid groups (broad SMARTS) is 1. The smallest absolute Gasteiger partial charge is 0.308 e. The number of nitrogens with one attached hydrogen (secondary N) is 1. The number of benzene rings is 1. The van der Waals surface area contributed by atoms with Crippen LogP contribution in [0.25, 0.3) is 0 Å². The molecule has 0 aliphatic rings. The molecule has 2 N–H and O–H groups in total. The van der Waals surface area contributed by atoms with E-state index in [0.717, 1.165) is 5.56 Å². The van der Waals surface area contributed by atoms with Gasteiger partial charge >= 0.3 is 5.97 Å². The SMILES string of the molecule is Cc1cc(NCC(CC(C)C)C(=O)O)cc([N+](=O)[O-])c1. The Labute approximate surface area is 118 Å². The van der Waals surface area contributed by atoms with E-state index in [-0.39, 0.29) is 18.2 Å². The number of nitro benzene ring substituents is 1. The minimum Gasteiger partial charge on any atom is -0.481 e. The Morgan fingerprint density at radius 1 is 1.40 bits per heavy atom. The fourth-order valence-corrected chi connectivity index (χ4v) is 2.05. The van der Waals surface area contributed by atoms with Crippen LogP contribution in [-0.2, 0) is 4.79 Å². The van der Waals surface area contributed by atoms with Crippen LogP contribution in [0.15, 0.2) is 18.2 Å². The second-order valence-corrected chi connectivity index (χ2v) is 5.36. The Morgan fingerprint density at radius 3 is 2.55 bits per heavy atom. The lowest BCUT2D eigenvalue weighted by molar-refractivity contribution is -0.384. The number of hydrogen-bond donors (Lipinski definition) is 2. The number of anilines is 1. The molecule has 20 heavy (non-hydrogen) atoms. The first-order valence-electron chi connectivity index (χ1n) is 6.52. The van der Waals surface area contributed by atoms with E-state index in [4.69, 9.17) is 5.11 Å². The molecule has 1 aromatic carbocycles. The van der Waals surface area contributed by atoms with Crippen molar-refractivity contribution in [3.63, 3.8) is 0 Å². The van der Waals surface area contributed by atoms with E-state index in [0.29, 0.717) is 12.1 Å². The van der Waals surface area contributed by atoms with Gasteiger partial charge in [-0.1, -0.05) is 13.8 Å². The summed E-state index contributed by atoms with van der Waals surface area (Å²) in [5.41, 5.74) is 1.34. The third-order valence-corrected chi connectivity index (χ3v) is 2.93. The van der Waals surface area contributed by atoms with Gasteiger partial charge in [0, 0.05) is 24.4 Å². The molecule has 0 aliphatic carbocycles. The number of carbonyl (C=O) groups is 1. The average Bonchev–Trinajstić information content (AvgIpc) is 2.33. The number of nitrogens with zero attached hydrogens (tertiary/aromatic N) is 1. The van der Waals surface area contributed by atoms with Gasteiger partial charge < -0.3 is 10.4 Å². The molecule has 1 unspecified atom stereocenters. The monoisotopic (exact) mass is 280 g/mol. The summed E-state index contributed by atoms with van der Waals surface area (Å²) < 4.78 is 0. The van der Waals surface area contributed by atoms with Crippen molar-refractivity contribution in [2.75, 3.05) is 11.9 Å². The van der Waals surface area contributed by atoms with E-state index < -0.39 is 16.8 Å². The highest BCUT2D eigenvalue weighted by Gasteiger charge is 2.19. The molecule has 0 fully saturated rings. The van der Waals surface area contributed by atoms with E-state index in [1.807, 2.05) is 13.8 Å². The molecular weight excluding hydrogens is 260 g/mol. The highest BCUT2D eigenvalue weighted by molar-refractivity contribution is 5.71. The standard InChI is InChI=1S/C14H20N2O4/c1-9(2)4-11(14(17)18)8-15-12-5-10(3)6-13(7-12)16(19)20/h5-7,9,11,15H,4,8H2,1-3H3,(H,17,18). The molecule has 6 nitrogen and oxygen atoms in total. The predicted molar refractivity (Wildman–Crippen MR) is 76.9 cm³/mol. The van der Waals surface area contributed by atoms with Gasteiger partial charge in [-0.05, 0) is 30.9 Å². The van der Waals surface area contributed by atoms with Gasteiger partial charge in [0.25, 0.3) is 5.69 Å². The first-order valence-corrected chi connectivity index (χ1v) is 6.52. The van der Waals surface area contributed by atoms with Gasteiger partial charge in [0.2, 0.25) is 0 Å². The average molecular weight is 280 g/mol. The topological polar surface area (TPSA) is 92.5 Å². The molecule has 1 rings (SSSR count). The van der Waals surface area contributed by atoms with Crippen molar-refractivity contribution in [2.24, 2.45) is 11.8 Å². The quantitative estimate of drug-likeness (QED) is 0.591. The zero-order valence-corrected chi connectivity index (χ0v) is 11.9. The van der Waals surface area contributed by atoms with Crippen molar-refractivity contribution in [1.29, 1.82) is 0 Å². The summed E-state index contributed by atoms with van der Waals surface area (Å²) in [5.74, 6) is -1.08. The number of aliphatic carboxylic acids is 1. The van der Waals surface area contributed by atoms with Gasteiger partial charge in [-0.15, -0.1) is 0 Å². The number of hydrogen-bond acceptors (Lipinski definition) is 4. The summed E-state index contributed by atoms with van der Waals surface area (Å²) >= 11 is 0. The number of aryl methyl sites for hydroxylation is 1. The second kappa shape index (κ2) is 6.88. The van der Waals surface area contributed by atoms with Gasteiger partial charge in [-0.3, -0.25) is 14.9 Å². The minimum atomic E-state index is -0.853. The van der Waals surface area contributed by atoms with E-state index in [2.05, 4.69) is 5.32 Å². The zero-order valence-electron chi connectivity index (χ0n) is 11.9. The van der Waals surface area contributed by atoms with Gasteiger partial charge in [0.15, 0.2) is 0 Å². The summed E-state index contributed by atoms with van der Waals surface area (Å²) in [5, 5.41) is 22.9. The van der Waals surface area contributed by atoms with E-state index in [1.54, 1.807) is 13.0 Å². The molecule has 1 atom stereocenters. The molecule has 1 aromatic rings. The molecule has 0 spiro atoms. The van der Waals surface area contributed by atoms with E-state index in [9.17, 15) is 14.9 Å². The lowest BCUT2D eigenvalue weighted by Gasteiger charge is -2.16. The summed E-state index contributed by atoms with van der Waals surface area (Å²) in [6.07, 6.45) is 0.566. The lowest BCUT2D eigenvalue weighted by Crippen LogP contribution is -2.24. The maximum absolute atomic E-state index is 11.2. The lowest BCUT2D eigenvalue weighted by atomic mass is 9.97. The van der Waals surface area contributed by atoms with Crippen molar-refractivity contribution in [1.82, 2.24) is 0 Å². The number of nitro groups is 1. The van der Waals surface area contributed by atoms with Gasteiger partial charge in [-0.25, -0.2) is 0 Å². The Kier molecular flexibility index (Phi) is 5.49. The summed E-state index contributed by atoms with van der Waals surface area (Å²) in [7, 11) is 0. The van der Waals surface area contributed by atoms with Crippen LogP contribution in [0.3, 0.4) is 0 Å². The van der Waals surface area contributed by atoms with Crippen LogP contribution in [0, 0.1) is 28.9 Å². The zero-order chi connectivity index (χ0) is 15.3. The number of rotatable bonds is 7. The third kappa shape index (κ3) is 4.87. The largest absolute Gasteiger partial charge is 0.481 e. The molecule has 0 amide bonds. The molecule has 0 aromatic heterocycles. The Bertz CT molecular complexity index is 500. The Hall–Kier alpha value is -2.11. The molecule has 0 radical (unpaired) electrons. The first-order chi connectivity index (χ1) is 9.29. The molecule has 0 heterocycles. The van der Waals surface area contributed by atoms with Gasteiger partial charge in [0.05, 0.1) is 10.8 Å². The van der Waals surface area contributed by atoms with Crippen LogP contribution < -0.4 is 5.32 Å². The summed E-state index contributed by atoms with van der Waals surface area (Å²) in [4.78, 5) is 21.5. The van der Waals surface area contributed by atoms with E-state index >= 15 is 0 Å². The first kappa shape index (κ1) is 15.9. The van der Waals surface area contributed by atoms with Crippen molar-refractivity contribution < 1.29 is 14.8 Å². The van der Waals surface area contributed by atoms with Crippen LogP contribution in [0.4, 0.5) is 11.4 Å². The second-order valence-electron chi connectivity index (χ2n) is 5.36. The fourth-order valence-electron chi connectivity index (χ4n) is 2.05. The van der Waals surface area contributed by atoms with E-state index in [1.165, 1.54) is 12.1 Å². The van der Waals surface area contributed by atoms with Crippen LogP contribution in [-0.4, -0.2) is 22.5 Å². The Balaban J connectivity index is 2.77. The molecule has 0 bridgehead atoms. The Morgan fingerprint density at radius 2 is 2.05 bits per heavy atom. The number of carboxylic acids is 1. The summed E-state index contributed by atoms with van der Waals surface area (Å²) in [6, 6.07) is 4.66. The maximum atomic E-state index is 11.2. The summed E-state index contributed by atoms with van der Waals surface area (Å²) in [6.45, 7) is 5.95. The molecule has 0 aliphatic heterocycles. The van der Waals surface area contributed by atoms with Crippen molar-refractivity contribution in [3.05, 3.63) is 33.9 Å². The maximum Gasteiger partial charge on any atom is 0.308 e. The fraction of sp³-hybridized carbons (Fsp3) is 0.500. The van der Waals surface area contributed by atoms with Crippen molar-refractivity contribution >= 4 is 17.3 Å². The van der Waals surface area contributed by atoms with Crippen LogP contribution in [0.5, 0.6) is 0 Å². The normalized spacial score (nSPS) is 12.2. The molecule has 0 saturated carbocycles. The van der Waals surface area contributed by atoms with Gasteiger partial charge in [0.1, 0.15) is 0 Å². The van der Waals surface area contributed by atoms with Crippen molar-refractivity contribution in [3.8, 4) is 0 Å². The van der Waals surface area contributed by atoms with Crippen LogP contribution >= 0.6 is 0 Å². The highest BCUT2D eigenvalue weighted by Crippen LogP contribution is 2.21. The van der Waals surface area contributed by atoms with Crippen LogP contribution in [0.1, 0.15) is 25.8 Å².